The molecule has 1 aromatic rings. The lowest BCUT2D eigenvalue weighted by atomic mass is 10.3. The summed E-state index contributed by atoms with van der Waals surface area (Å²) in [5.41, 5.74) is 0.253. The average Bonchev–Trinajstić information content (AvgIpc) is 2.39. The standard InChI is InChI=1S/C11H15N5O2/c1-2-13-9-6-12-5-8(15-9)11(18)16-4-3-14-10(17)7-16/h5-6H,2-4,7H2,1H3,(H,13,15)(H,14,17). The van der Waals surface area contributed by atoms with Crippen LogP contribution in [0, 0.1) is 0 Å². The number of nitrogens with zero attached hydrogens (tertiary/aromatic N) is 3. The predicted octanol–water partition coefficient (Wildman–Crippen LogP) is -0.520. The lowest BCUT2D eigenvalue weighted by molar-refractivity contribution is -0.123. The first-order valence-corrected chi connectivity index (χ1v) is 5.82. The highest BCUT2D eigenvalue weighted by atomic mass is 16.2. The molecule has 2 heterocycles. The summed E-state index contributed by atoms with van der Waals surface area (Å²) >= 11 is 0. The van der Waals surface area contributed by atoms with Crippen LogP contribution >= 0.6 is 0 Å². The molecular formula is C11H15N5O2. The summed E-state index contributed by atoms with van der Waals surface area (Å²) in [7, 11) is 0. The fraction of sp³-hybridized carbons (Fsp3) is 0.455. The second-order valence-corrected chi connectivity index (χ2v) is 3.90. The third-order valence-corrected chi connectivity index (χ3v) is 2.54. The van der Waals surface area contributed by atoms with Crippen LogP contribution in [-0.2, 0) is 4.79 Å². The molecule has 0 aliphatic carbocycles. The molecule has 96 valence electrons. The fourth-order valence-corrected chi connectivity index (χ4v) is 1.71. The van der Waals surface area contributed by atoms with E-state index in [0.717, 1.165) is 0 Å². The van der Waals surface area contributed by atoms with Crippen molar-refractivity contribution in [2.75, 3.05) is 31.5 Å². The molecule has 0 saturated carbocycles. The highest BCUT2D eigenvalue weighted by molar-refractivity contribution is 5.95. The van der Waals surface area contributed by atoms with Gasteiger partial charge in [-0.2, -0.15) is 0 Å². The molecule has 2 N–H and O–H groups in total. The van der Waals surface area contributed by atoms with Crippen molar-refractivity contribution in [3.8, 4) is 0 Å². The lowest BCUT2D eigenvalue weighted by Crippen LogP contribution is -2.50. The minimum absolute atomic E-state index is 0.0753. The van der Waals surface area contributed by atoms with Crippen LogP contribution in [0.1, 0.15) is 17.4 Å². The van der Waals surface area contributed by atoms with Crippen molar-refractivity contribution in [1.82, 2.24) is 20.2 Å². The van der Waals surface area contributed by atoms with Gasteiger partial charge in [-0.25, -0.2) is 4.98 Å². The van der Waals surface area contributed by atoms with Crippen LogP contribution in [0.3, 0.4) is 0 Å². The van der Waals surface area contributed by atoms with Gasteiger partial charge >= 0.3 is 0 Å². The smallest absolute Gasteiger partial charge is 0.274 e. The van der Waals surface area contributed by atoms with E-state index in [1.54, 1.807) is 6.20 Å². The van der Waals surface area contributed by atoms with Crippen molar-refractivity contribution < 1.29 is 9.59 Å². The Labute approximate surface area is 105 Å². The minimum Gasteiger partial charge on any atom is -0.369 e. The molecule has 0 radical (unpaired) electrons. The van der Waals surface area contributed by atoms with Crippen molar-refractivity contribution in [3.63, 3.8) is 0 Å². The van der Waals surface area contributed by atoms with Crippen LogP contribution in [0.2, 0.25) is 0 Å². The normalized spacial score (nSPS) is 15.2. The first-order chi connectivity index (χ1) is 8.70. The highest BCUT2D eigenvalue weighted by Gasteiger charge is 2.23. The highest BCUT2D eigenvalue weighted by Crippen LogP contribution is 2.06. The van der Waals surface area contributed by atoms with Crippen LogP contribution in [0.15, 0.2) is 12.4 Å². The monoisotopic (exact) mass is 249 g/mol. The average molecular weight is 249 g/mol. The molecule has 1 saturated heterocycles. The number of hydrogen-bond acceptors (Lipinski definition) is 5. The second-order valence-electron chi connectivity index (χ2n) is 3.90. The van der Waals surface area contributed by atoms with E-state index in [1.807, 2.05) is 6.92 Å². The molecule has 0 bridgehead atoms. The van der Waals surface area contributed by atoms with Gasteiger partial charge in [0.15, 0.2) is 0 Å². The summed E-state index contributed by atoms with van der Waals surface area (Å²) in [5.74, 6) is 0.146. The Morgan fingerprint density at radius 3 is 3.11 bits per heavy atom. The van der Waals surface area contributed by atoms with Crippen LogP contribution in [-0.4, -0.2) is 52.9 Å². The van der Waals surface area contributed by atoms with Crippen LogP contribution < -0.4 is 10.6 Å². The number of hydrogen-bond donors (Lipinski definition) is 2. The first kappa shape index (κ1) is 12.3. The summed E-state index contributed by atoms with van der Waals surface area (Å²) in [4.78, 5) is 32.9. The van der Waals surface area contributed by atoms with Crippen LogP contribution in [0.25, 0.3) is 0 Å². The van der Waals surface area contributed by atoms with Crippen LogP contribution in [0.5, 0.6) is 0 Å². The summed E-state index contributed by atoms with van der Waals surface area (Å²) < 4.78 is 0. The Bertz CT molecular complexity index is 463. The molecule has 0 aromatic carbocycles. The Morgan fingerprint density at radius 1 is 1.56 bits per heavy atom. The van der Waals surface area contributed by atoms with Gasteiger partial charge in [-0.3, -0.25) is 14.6 Å². The van der Waals surface area contributed by atoms with Crippen molar-refractivity contribution in [2.24, 2.45) is 0 Å². The molecule has 2 amide bonds. The second kappa shape index (κ2) is 5.44. The Morgan fingerprint density at radius 2 is 2.39 bits per heavy atom. The van der Waals surface area contributed by atoms with E-state index in [2.05, 4.69) is 20.6 Å². The maximum Gasteiger partial charge on any atom is 0.274 e. The molecule has 7 heteroatoms. The van der Waals surface area contributed by atoms with Gasteiger partial charge in [-0.05, 0) is 6.92 Å². The number of carbonyl (C=O) groups excluding carboxylic acids is 2. The number of carbonyl (C=O) groups is 2. The molecule has 0 unspecified atom stereocenters. The Hall–Kier alpha value is -2.18. The van der Waals surface area contributed by atoms with Gasteiger partial charge in [0.1, 0.15) is 11.5 Å². The molecule has 1 aliphatic heterocycles. The van der Waals surface area contributed by atoms with Crippen molar-refractivity contribution in [1.29, 1.82) is 0 Å². The molecule has 1 fully saturated rings. The van der Waals surface area contributed by atoms with E-state index in [-0.39, 0.29) is 24.1 Å². The van der Waals surface area contributed by atoms with Gasteiger partial charge in [-0.1, -0.05) is 0 Å². The van der Waals surface area contributed by atoms with Crippen molar-refractivity contribution in [3.05, 3.63) is 18.1 Å². The molecular weight excluding hydrogens is 234 g/mol. The number of anilines is 1. The maximum absolute atomic E-state index is 12.1. The van der Waals surface area contributed by atoms with E-state index in [0.29, 0.717) is 25.5 Å². The zero-order valence-electron chi connectivity index (χ0n) is 10.1. The van der Waals surface area contributed by atoms with E-state index in [9.17, 15) is 9.59 Å². The SMILES string of the molecule is CCNc1cncc(C(=O)N2CCNC(=O)C2)n1. The topological polar surface area (TPSA) is 87.2 Å². The van der Waals surface area contributed by atoms with Gasteiger partial charge in [0.2, 0.25) is 5.91 Å². The molecule has 18 heavy (non-hydrogen) atoms. The fourth-order valence-electron chi connectivity index (χ4n) is 1.71. The molecule has 0 atom stereocenters. The first-order valence-electron chi connectivity index (χ1n) is 5.82. The van der Waals surface area contributed by atoms with Gasteiger partial charge in [0.05, 0.1) is 18.9 Å². The molecule has 7 nitrogen and oxygen atoms in total. The van der Waals surface area contributed by atoms with E-state index in [1.165, 1.54) is 11.1 Å². The van der Waals surface area contributed by atoms with E-state index < -0.39 is 0 Å². The Kier molecular flexibility index (Phi) is 3.71. The van der Waals surface area contributed by atoms with Crippen molar-refractivity contribution in [2.45, 2.75) is 6.92 Å². The number of piperazine rings is 1. The van der Waals surface area contributed by atoms with Gasteiger partial charge < -0.3 is 15.5 Å². The number of nitrogens with one attached hydrogen (secondary N) is 2. The number of amides is 2. The molecule has 1 aliphatic rings. The minimum atomic E-state index is -0.267. The van der Waals surface area contributed by atoms with Gasteiger partial charge in [0, 0.05) is 19.6 Å². The van der Waals surface area contributed by atoms with Gasteiger partial charge in [-0.15, -0.1) is 0 Å². The molecule has 0 spiro atoms. The van der Waals surface area contributed by atoms with E-state index in [4.69, 9.17) is 0 Å². The molecule has 1 aromatic heterocycles. The summed E-state index contributed by atoms with van der Waals surface area (Å²) in [6.45, 7) is 3.69. The largest absolute Gasteiger partial charge is 0.369 e. The Balaban J connectivity index is 2.12. The van der Waals surface area contributed by atoms with Crippen molar-refractivity contribution >= 4 is 17.6 Å². The summed E-state index contributed by atoms with van der Waals surface area (Å²) in [6.07, 6.45) is 2.97. The predicted molar refractivity (Wildman–Crippen MR) is 65.1 cm³/mol. The van der Waals surface area contributed by atoms with Crippen LogP contribution in [0.4, 0.5) is 5.82 Å². The number of rotatable bonds is 3. The van der Waals surface area contributed by atoms with E-state index >= 15 is 0 Å². The third-order valence-electron chi connectivity index (χ3n) is 2.54. The zero-order valence-corrected chi connectivity index (χ0v) is 10.1. The quantitative estimate of drug-likeness (QED) is 0.752. The third kappa shape index (κ3) is 2.73. The number of aromatic nitrogens is 2. The maximum atomic E-state index is 12.1. The lowest BCUT2D eigenvalue weighted by Gasteiger charge is -2.26. The summed E-state index contributed by atoms with van der Waals surface area (Å²) in [6, 6.07) is 0. The zero-order chi connectivity index (χ0) is 13.0. The summed E-state index contributed by atoms with van der Waals surface area (Å²) in [5, 5.41) is 5.66. The molecule has 2 rings (SSSR count). The van der Waals surface area contributed by atoms with Gasteiger partial charge in [0.25, 0.3) is 5.91 Å².